The minimum Gasteiger partial charge on any atom is -0.497 e. The van der Waals surface area contributed by atoms with Crippen LogP contribution in [-0.4, -0.2) is 40.7 Å². The largest absolute Gasteiger partial charge is 0.497 e. The van der Waals surface area contributed by atoms with Gasteiger partial charge >= 0.3 is 0 Å². The Labute approximate surface area is 164 Å². The Hall–Kier alpha value is -2.12. The van der Waals surface area contributed by atoms with Crippen molar-refractivity contribution >= 4 is 27.4 Å². The van der Waals surface area contributed by atoms with Gasteiger partial charge in [-0.15, -0.1) is 0 Å². The summed E-state index contributed by atoms with van der Waals surface area (Å²) >= 11 is 1.63. The molecule has 1 aliphatic rings. The van der Waals surface area contributed by atoms with E-state index in [1.165, 1.54) is 0 Å². The summed E-state index contributed by atoms with van der Waals surface area (Å²) in [6, 6.07) is 13.7. The third kappa shape index (κ3) is 4.09. The molecule has 0 aromatic heterocycles. The van der Waals surface area contributed by atoms with E-state index < -0.39 is 9.84 Å². The van der Waals surface area contributed by atoms with Gasteiger partial charge in [-0.2, -0.15) is 11.8 Å². The molecule has 5 nitrogen and oxygen atoms in total. The van der Waals surface area contributed by atoms with Crippen LogP contribution in [0.3, 0.4) is 0 Å². The Bertz CT molecular complexity index is 916. The average molecular weight is 407 g/mol. The maximum absolute atomic E-state index is 13.3. The van der Waals surface area contributed by atoms with E-state index in [1.54, 1.807) is 62.4 Å². The van der Waals surface area contributed by atoms with Gasteiger partial charge in [-0.05, 0) is 54.8 Å². The second kappa shape index (κ2) is 8.27. The number of thioether (sulfide) groups is 1. The predicted molar refractivity (Wildman–Crippen MR) is 108 cm³/mol. The van der Waals surface area contributed by atoms with E-state index in [0.29, 0.717) is 28.6 Å². The van der Waals surface area contributed by atoms with Gasteiger partial charge < -0.3 is 14.2 Å². The van der Waals surface area contributed by atoms with Crippen molar-refractivity contribution in [1.29, 1.82) is 0 Å². The zero-order valence-electron chi connectivity index (χ0n) is 15.5. The minimum atomic E-state index is -3.67. The number of hydrogen-bond donors (Lipinski definition) is 0. The highest BCUT2D eigenvalue weighted by Crippen LogP contribution is 2.39. The number of hydrogen-bond acceptors (Lipinski definition) is 6. The van der Waals surface area contributed by atoms with Crippen LogP contribution in [0.4, 0.5) is 0 Å². The lowest BCUT2D eigenvalue weighted by atomic mass is 10.1. The molecule has 0 aliphatic carbocycles. The summed E-state index contributed by atoms with van der Waals surface area (Å²) in [5, 5.41) is 0. The molecule has 7 heteroatoms. The first-order valence-corrected chi connectivity index (χ1v) is 11.3. The van der Waals surface area contributed by atoms with E-state index in [4.69, 9.17) is 14.2 Å². The van der Waals surface area contributed by atoms with Crippen LogP contribution in [0, 0.1) is 0 Å². The molecule has 0 saturated carbocycles. The zero-order valence-corrected chi connectivity index (χ0v) is 17.1. The fourth-order valence-corrected chi connectivity index (χ4v) is 5.10. The summed E-state index contributed by atoms with van der Waals surface area (Å²) in [5.41, 5.74) is 0.728. The fourth-order valence-electron chi connectivity index (χ4n) is 2.95. The summed E-state index contributed by atoms with van der Waals surface area (Å²) < 4.78 is 42.9. The van der Waals surface area contributed by atoms with E-state index in [1.807, 2.05) is 18.4 Å². The summed E-state index contributed by atoms with van der Waals surface area (Å²) in [7, 11) is -0.530. The maximum atomic E-state index is 13.3. The lowest BCUT2D eigenvalue weighted by molar-refractivity contribution is 0.215. The molecule has 2 aromatic rings. The van der Waals surface area contributed by atoms with Gasteiger partial charge in [0.05, 0.1) is 24.0 Å². The van der Waals surface area contributed by atoms with Crippen molar-refractivity contribution in [1.82, 2.24) is 0 Å². The van der Waals surface area contributed by atoms with Gasteiger partial charge in [0.15, 0.2) is 0 Å². The number of ether oxygens (including phenoxy) is 3. The molecule has 0 radical (unpaired) electrons. The van der Waals surface area contributed by atoms with Crippen LogP contribution in [0.5, 0.6) is 11.5 Å². The van der Waals surface area contributed by atoms with Crippen LogP contribution < -0.4 is 9.47 Å². The number of sulfone groups is 1. The molecule has 0 fully saturated rings. The summed E-state index contributed by atoms with van der Waals surface area (Å²) in [6.45, 7) is 0. The van der Waals surface area contributed by atoms with Gasteiger partial charge in [-0.3, -0.25) is 0 Å². The molecule has 2 aromatic carbocycles. The summed E-state index contributed by atoms with van der Waals surface area (Å²) in [6.07, 6.45) is 2.17. The van der Waals surface area contributed by atoms with E-state index in [9.17, 15) is 8.42 Å². The van der Waals surface area contributed by atoms with Gasteiger partial charge in [0.1, 0.15) is 23.4 Å². The molecule has 0 bridgehead atoms. The average Bonchev–Trinajstić information content (AvgIpc) is 3.13. The molecule has 1 atom stereocenters. The molecule has 0 N–H and O–H groups in total. The highest BCUT2D eigenvalue weighted by atomic mass is 32.2. The second-order valence-corrected chi connectivity index (χ2v) is 8.94. The smallest absolute Gasteiger partial charge is 0.206 e. The van der Waals surface area contributed by atoms with E-state index >= 15 is 0 Å². The van der Waals surface area contributed by atoms with Crippen LogP contribution in [0.1, 0.15) is 12.0 Å². The Kier molecular flexibility index (Phi) is 6.01. The highest BCUT2D eigenvalue weighted by Gasteiger charge is 2.35. The Morgan fingerprint density at radius 1 is 1.00 bits per heavy atom. The normalized spacial score (nSPS) is 16.9. The third-order valence-corrected chi connectivity index (χ3v) is 6.95. The van der Waals surface area contributed by atoms with Crippen LogP contribution in [-0.2, 0) is 14.6 Å². The quantitative estimate of drug-likeness (QED) is 0.693. The molecule has 0 spiro atoms. The van der Waals surface area contributed by atoms with E-state index in [-0.39, 0.29) is 11.0 Å². The van der Waals surface area contributed by atoms with Crippen LogP contribution in [0.15, 0.2) is 58.3 Å². The van der Waals surface area contributed by atoms with Crippen LogP contribution >= 0.6 is 11.8 Å². The first-order valence-electron chi connectivity index (χ1n) is 8.42. The van der Waals surface area contributed by atoms with Crippen LogP contribution in [0.25, 0.3) is 5.76 Å². The molecule has 3 rings (SSSR count). The van der Waals surface area contributed by atoms with Gasteiger partial charge in [0.2, 0.25) is 9.84 Å². The Morgan fingerprint density at radius 3 is 2.07 bits per heavy atom. The van der Waals surface area contributed by atoms with E-state index in [2.05, 4.69) is 0 Å². The monoisotopic (exact) mass is 406 g/mol. The van der Waals surface area contributed by atoms with Crippen molar-refractivity contribution in [2.24, 2.45) is 0 Å². The van der Waals surface area contributed by atoms with Crippen molar-refractivity contribution in [3.63, 3.8) is 0 Å². The molecular weight excluding hydrogens is 384 g/mol. The third-order valence-electron chi connectivity index (χ3n) is 4.35. The van der Waals surface area contributed by atoms with E-state index in [0.717, 1.165) is 11.3 Å². The summed E-state index contributed by atoms with van der Waals surface area (Å²) in [4.78, 5) is 0.551. The molecular formula is C20H22O5S2. The predicted octanol–water partition coefficient (Wildman–Crippen LogP) is 4.00. The SMILES string of the molecule is COc1ccc(C2=C(S(=O)(=O)c3ccc(OC)cc3)CC(CSC)O2)cc1. The minimum absolute atomic E-state index is 0.167. The maximum Gasteiger partial charge on any atom is 0.206 e. The first-order chi connectivity index (χ1) is 13.0. The van der Waals surface area contributed by atoms with Gasteiger partial charge in [-0.1, -0.05) is 0 Å². The van der Waals surface area contributed by atoms with Crippen molar-refractivity contribution in [2.75, 3.05) is 26.2 Å². The fraction of sp³-hybridized carbons (Fsp3) is 0.300. The molecule has 1 heterocycles. The summed E-state index contributed by atoms with van der Waals surface area (Å²) in [5.74, 6) is 2.47. The Balaban J connectivity index is 2.04. The van der Waals surface area contributed by atoms with Crippen molar-refractivity contribution in [2.45, 2.75) is 17.4 Å². The van der Waals surface area contributed by atoms with Crippen molar-refractivity contribution < 1.29 is 22.6 Å². The standard InChI is InChI=1S/C20H22O5S2/c1-23-15-6-4-14(5-7-15)20-19(12-17(25-20)13-26-3)27(21,22)18-10-8-16(24-2)9-11-18/h4-11,17H,12-13H2,1-3H3. The first kappa shape index (κ1) is 19.6. The number of benzene rings is 2. The topological polar surface area (TPSA) is 61.8 Å². The number of rotatable bonds is 7. The van der Waals surface area contributed by atoms with Gasteiger partial charge in [0, 0.05) is 17.7 Å². The lowest BCUT2D eigenvalue weighted by Crippen LogP contribution is -2.11. The molecule has 27 heavy (non-hydrogen) atoms. The second-order valence-electron chi connectivity index (χ2n) is 6.06. The Morgan fingerprint density at radius 2 is 1.56 bits per heavy atom. The van der Waals surface area contributed by atoms with Crippen molar-refractivity contribution in [3.8, 4) is 11.5 Å². The molecule has 144 valence electrons. The van der Waals surface area contributed by atoms with Crippen molar-refractivity contribution in [3.05, 3.63) is 59.0 Å². The van der Waals surface area contributed by atoms with Crippen LogP contribution in [0.2, 0.25) is 0 Å². The highest BCUT2D eigenvalue weighted by molar-refractivity contribution is 7.98. The van der Waals surface area contributed by atoms with Gasteiger partial charge in [0.25, 0.3) is 0 Å². The zero-order chi connectivity index (χ0) is 19.4. The molecule has 1 aliphatic heterocycles. The van der Waals surface area contributed by atoms with Gasteiger partial charge in [-0.25, -0.2) is 8.42 Å². The number of methoxy groups -OCH3 is 2. The molecule has 1 unspecified atom stereocenters. The molecule has 0 amide bonds. The molecule has 0 saturated heterocycles. The lowest BCUT2D eigenvalue weighted by Gasteiger charge is -2.12.